The van der Waals surface area contributed by atoms with Crippen molar-refractivity contribution in [3.8, 4) is 11.5 Å². The van der Waals surface area contributed by atoms with Crippen molar-refractivity contribution in [1.29, 1.82) is 0 Å². The monoisotopic (exact) mass is 312 g/mol. The third kappa shape index (κ3) is 3.03. The molecular formula is C14H14Cl2N2O2. The molecule has 2 aromatic rings. The van der Waals surface area contributed by atoms with E-state index in [1.165, 1.54) is 0 Å². The lowest BCUT2D eigenvalue weighted by atomic mass is 10.2. The Bertz CT molecular complexity index is 633. The van der Waals surface area contributed by atoms with E-state index in [-0.39, 0.29) is 0 Å². The second-order valence-electron chi connectivity index (χ2n) is 4.05. The highest BCUT2D eigenvalue weighted by molar-refractivity contribution is 6.42. The van der Waals surface area contributed by atoms with E-state index < -0.39 is 0 Å². The van der Waals surface area contributed by atoms with Gasteiger partial charge in [0.05, 0.1) is 35.6 Å². The number of nitrogens with one attached hydrogen (secondary N) is 1. The molecule has 0 saturated heterocycles. The Balaban J connectivity index is 2.35. The number of anilines is 3. The zero-order valence-corrected chi connectivity index (χ0v) is 12.5. The van der Waals surface area contributed by atoms with Crippen LogP contribution in [0.3, 0.4) is 0 Å². The van der Waals surface area contributed by atoms with Crippen molar-refractivity contribution in [2.75, 3.05) is 25.3 Å². The summed E-state index contributed by atoms with van der Waals surface area (Å²) in [7, 11) is 3.13. The smallest absolute Gasteiger partial charge is 0.162 e. The zero-order chi connectivity index (χ0) is 14.7. The summed E-state index contributed by atoms with van der Waals surface area (Å²) in [6.07, 6.45) is 0. The van der Waals surface area contributed by atoms with Crippen LogP contribution in [0.5, 0.6) is 11.5 Å². The third-order valence-electron chi connectivity index (χ3n) is 2.75. The minimum Gasteiger partial charge on any atom is -0.493 e. The first kappa shape index (κ1) is 14.6. The molecule has 0 bridgehead atoms. The molecule has 0 radical (unpaired) electrons. The van der Waals surface area contributed by atoms with Crippen LogP contribution in [0.1, 0.15) is 0 Å². The molecule has 0 aromatic heterocycles. The summed E-state index contributed by atoms with van der Waals surface area (Å²) < 4.78 is 10.4. The molecule has 0 aliphatic rings. The second kappa shape index (κ2) is 6.11. The number of hydrogen-bond donors (Lipinski definition) is 2. The normalized spacial score (nSPS) is 10.2. The van der Waals surface area contributed by atoms with Gasteiger partial charge in [-0.05, 0) is 18.2 Å². The lowest BCUT2D eigenvalue weighted by Crippen LogP contribution is -1.99. The molecule has 6 heteroatoms. The molecule has 4 nitrogen and oxygen atoms in total. The first-order valence-electron chi connectivity index (χ1n) is 5.78. The summed E-state index contributed by atoms with van der Waals surface area (Å²) in [6, 6.07) is 8.70. The van der Waals surface area contributed by atoms with Crippen molar-refractivity contribution < 1.29 is 9.47 Å². The van der Waals surface area contributed by atoms with E-state index >= 15 is 0 Å². The van der Waals surface area contributed by atoms with Crippen molar-refractivity contribution in [3.63, 3.8) is 0 Å². The zero-order valence-electron chi connectivity index (χ0n) is 11.0. The molecule has 20 heavy (non-hydrogen) atoms. The standard InChI is InChI=1S/C14H14Cl2N2O2/c1-19-13-6-11(17)12(7-14(13)20-2)18-8-3-4-9(15)10(16)5-8/h3-7,18H,17H2,1-2H3. The van der Waals surface area contributed by atoms with E-state index in [9.17, 15) is 0 Å². The van der Waals surface area contributed by atoms with Crippen molar-refractivity contribution in [2.24, 2.45) is 0 Å². The molecule has 0 spiro atoms. The molecule has 0 atom stereocenters. The van der Waals surface area contributed by atoms with Gasteiger partial charge in [0.25, 0.3) is 0 Å². The van der Waals surface area contributed by atoms with Crippen LogP contribution in [0.25, 0.3) is 0 Å². The maximum atomic E-state index is 5.98. The number of hydrogen-bond acceptors (Lipinski definition) is 4. The van der Waals surface area contributed by atoms with E-state index in [2.05, 4.69) is 5.32 Å². The molecule has 0 amide bonds. The van der Waals surface area contributed by atoms with Crippen LogP contribution in [-0.2, 0) is 0 Å². The Morgan fingerprint density at radius 1 is 0.950 bits per heavy atom. The fraction of sp³-hybridized carbons (Fsp3) is 0.143. The maximum Gasteiger partial charge on any atom is 0.162 e. The highest BCUT2D eigenvalue weighted by Crippen LogP contribution is 2.36. The van der Waals surface area contributed by atoms with Crippen LogP contribution < -0.4 is 20.5 Å². The van der Waals surface area contributed by atoms with E-state index in [1.807, 2.05) is 6.07 Å². The second-order valence-corrected chi connectivity index (χ2v) is 4.86. The van der Waals surface area contributed by atoms with Gasteiger partial charge in [0, 0.05) is 17.8 Å². The van der Waals surface area contributed by atoms with Gasteiger partial charge in [-0.2, -0.15) is 0 Å². The summed E-state index contributed by atoms with van der Waals surface area (Å²) in [6.45, 7) is 0. The van der Waals surface area contributed by atoms with Gasteiger partial charge < -0.3 is 20.5 Å². The SMILES string of the molecule is COc1cc(N)c(Nc2ccc(Cl)c(Cl)c2)cc1OC. The van der Waals surface area contributed by atoms with Gasteiger partial charge in [-0.1, -0.05) is 23.2 Å². The van der Waals surface area contributed by atoms with Gasteiger partial charge in [-0.3, -0.25) is 0 Å². The van der Waals surface area contributed by atoms with E-state index in [0.29, 0.717) is 32.9 Å². The van der Waals surface area contributed by atoms with Gasteiger partial charge in [0.15, 0.2) is 11.5 Å². The average Bonchev–Trinajstić information content (AvgIpc) is 2.44. The van der Waals surface area contributed by atoms with Crippen LogP contribution in [0.2, 0.25) is 10.0 Å². The van der Waals surface area contributed by atoms with Crippen LogP contribution in [0, 0.1) is 0 Å². The number of rotatable bonds is 4. The van der Waals surface area contributed by atoms with Gasteiger partial charge in [0.1, 0.15) is 0 Å². The predicted molar refractivity (Wildman–Crippen MR) is 83.7 cm³/mol. The number of nitrogen functional groups attached to an aromatic ring is 1. The minimum atomic E-state index is 0.468. The van der Waals surface area contributed by atoms with Crippen molar-refractivity contribution in [2.45, 2.75) is 0 Å². The Labute approximate surface area is 127 Å². The molecule has 106 valence electrons. The molecule has 2 aromatic carbocycles. The summed E-state index contributed by atoms with van der Waals surface area (Å²) in [5, 5.41) is 4.13. The van der Waals surface area contributed by atoms with Crippen LogP contribution in [0.4, 0.5) is 17.1 Å². The quantitative estimate of drug-likeness (QED) is 0.825. The van der Waals surface area contributed by atoms with Crippen molar-refractivity contribution in [3.05, 3.63) is 40.4 Å². The average molecular weight is 313 g/mol. The largest absolute Gasteiger partial charge is 0.493 e. The number of benzene rings is 2. The van der Waals surface area contributed by atoms with Gasteiger partial charge in [0.2, 0.25) is 0 Å². The van der Waals surface area contributed by atoms with Crippen LogP contribution >= 0.6 is 23.2 Å². The van der Waals surface area contributed by atoms with Gasteiger partial charge in [-0.15, -0.1) is 0 Å². The van der Waals surface area contributed by atoms with Gasteiger partial charge in [-0.25, -0.2) is 0 Å². The first-order chi connectivity index (χ1) is 9.55. The number of nitrogens with two attached hydrogens (primary N) is 1. The summed E-state index contributed by atoms with van der Waals surface area (Å²) in [4.78, 5) is 0. The van der Waals surface area contributed by atoms with Crippen LogP contribution in [0.15, 0.2) is 30.3 Å². The van der Waals surface area contributed by atoms with E-state index in [1.54, 1.807) is 38.5 Å². The molecule has 0 aliphatic carbocycles. The highest BCUT2D eigenvalue weighted by atomic mass is 35.5. The predicted octanol–water partition coefficient (Wildman–Crippen LogP) is 4.34. The number of ether oxygens (including phenoxy) is 2. The Morgan fingerprint density at radius 3 is 2.20 bits per heavy atom. The summed E-state index contributed by atoms with van der Waals surface area (Å²) in [5.74, 6) is 1.16. The topological polar surface area (TPSA) is 56.5 Å². The number of halogens is 2. The fourth-order valence-electron chi connectivity index (χ4n) is 1.73. The van der Waals surface area contributed by atoms with E-state index in [0.717, 1.165) is 5.69 Å². The van der Waals surface area contributed by atoms with Gasteiger partial charge >= 0.3 is 0 Å². The number of methoxy groups -OCH3 is 2. The summed E-state index contributed by atoms with van der Waals surface area (Å²) >= 11 is 11.9. The molecule has 0 heterocycles. The molecule has 2 rings (SSSR count). The Kier molecular flexibility index (Phi) is 4.47. The summed E-state index contributed by atoms with van der Waals surface area (Å²) in [5.41, 5.74) is 7.99. The Morgan fingerprint density at radius 2 is 1.60 bits per heavy atom. The Hall–Kier alpha value is -1.78. The molecule has 3 N–H and O–H groups in total. The van der Waals surface area contributed by atoms with E-state index in [4.69, 9.17) is 38.4 Å². The fourth-order valence-corrected chi connectivity index (χ4v) is 2.03. The molecule has 0 fully saturated rings. The van der Waals surface area contributed by atoms with Crippen LogP contribution in [-0.4, -0.2) is 14.2 Å². The van der Waals surface area contributed by atoms with Crippen molar-refractivity contribution in [1.82, 2.24) is 0 Å². The minimum absolute atomic E-state index is 0.468. The highest BCUT2D eigenvalue weighted by Gasteiger charge is 2.10. The molecule has 0 aliphatic heterocycles. The third-order valence-corrected chi connectivity index (χ3v) is 3.49. The molecule has 0 unspecified atom stereocenters. The lowest BCUT2D eigenvalue weighted by molar-refractivity contribution is 0.355. The molecular weight excluding hydrogens is 299 g/mol. The lowest BCUT2D eigenvalue weighted by Gasteiger charge is -2.14. The maximum absolute atomic E-state index is 5.98. The van der Waals surface area contributed by atoms with Crippen molar-refractivity contribution >= 4 is 40.3 Å². The molecule has 0 saturated carbocycles. The first-order valence-corrected chi connectivity index (χ1v) is 6.54.